The molecule has 1 aromatic carbocycles. The highest BCUT2D eigenvalue weighted by Crippen LogP contribution is 2.27. The fourth-order valence-electron chi connectivity index (χ4n) is 1.82. The third-order valence-corrected chi connectivity index (χ3v) is 2.89. The van der Waals surface area contributed by atoms with Crippen LogP contribution in [0, 0.1) is 18.6 Å². The Kier molecular flexibility index (Phi) is 3.09. The summed E-state index contributed by atoms with van der Waals surface area (Å²) in [6, 6.07) is 5.39. The molecule has 7 heteroatoms. The summed E-state index contributed by atoms with van der Waals surface area (Å²) in [5.41, 5.74) is 6.65. The van der Waals surface area contributed by atoms with Crippen LogP contribution in [0.4, 0.5) is 14.5 Å². The molecule has 21 heavy (non-hydrogen) atoms. The second-order valence-corrected chi connectivity index (χ2v) is 4.50. The van der Waals surface area contributed by atoms with Gasteiger partial charge in [-0.1, -0.05) is 5.16 Å². The summed E-state index contributed by atoms with van der Waals surface area (Å²) in [6.45, 7) is 1.90. The number of benzene rings is 1. The molecule has 0 atom stereocenters. The highest BCUT2D eigenvalue weighted by atomic mass is 19.1. The van der Waals surface area contributed by atoms with Crippen LogP contribution in [-0.4, -0.2) is 15.1 Å². The molecule has 2 aromatic heterocycles. The minimum absolute atomic E-state index is 0.0553. The molecule has 0 aliphatic rings. The van der Waals surface area contributed by atoms with Crippen molar-refractivity contribution in [3.63, 3.8) is 0 Å². The van der Waals surface area contributed by atoms with E-state index in [1.165, 1.54) is 0 Å². The van der Waals surface area contributed by atoms with E-state index in [1.54, 1.807) is 12.3 Å². The zero-order valence-electron chi connectivity index (χ0n) is 11.0. The van der Waals surface area contributed by atoms with Crippen LogP contribution in [0.5, 0.6) is 0 Å². The van der Waals surface area contributed by atoms with Crippen LogP contribution < -0.4 is 5.73 Å². The molecule has 0 aliphatic heterocycles. The first-order valence-electron chi connectivity index (χ1n) is 6.06. The van der Waals surface area contributed by atoms with E-state index in [0.29, 0.717) is 11.8 Å². The summed E-state index contributed by atoms with van der Waals surface area (Å²) in [4.78, 5) is 8.17. The highest BCUT2D eigenvalue weighted by molar-refractivity contribution is 5.63. The Hall–Kier alpha value is -2.83. The van der Waals surface area contributed by atoms with Crippen molar-refractivity contribution in [1.29, 1.82) is 0 Å². The van der Waals surface area contributed by atoms with Gasteiger partial charge in [0, 0.05) is 12.3 Å². The molecule has 0 radical (unpaired) electrons. The van der Waals surface area contributed by atoms with E-state index in [1.807, 2.05) is 13.0 Å². The Bertz CT molecular complexity index is 816. The van der Waals surface area contributed by atoms with E-state index in [0.717, 1.165) is 11.6 Å². The normalized spacial score (nSPS) is 10.8. The minimum atomic E-state index is -0.837. The van der Waals surface area contributed by atoms with Crippen molar-refractivity contribution < 1.29 is 13.3 Å². The lowest BCUT2D eigenvalue weighted by molar-refractivity contribution is 0.429. The number of nitrogen functional groups attached to an aromatic ring is 1. The molecule has 106 valence electrons. The number of halogens is 2. The van der Waals surface area contributed by atoms with E-state index >= 15 is 0 Å². The number of anilines is 1. The summed E-state index contributed by atoms with van der Waals surface area (Å²) in [7, 11) is 0. The largest absolute Gasteiger partial charge is 0.396 e. The summed E-state index contributed by atoms with van der Waals surface area (Å²) < 4.78 is 31.9. The topological polar surface area (TPSA) is 77.8 Å². The Morgan fingerprint density at radius 2 is 1.95 bits per heavy atom. The zero-order valence-corrected chi connectivity index (χ0v) is 11.0. The van der Waals surface area contributed by atoms with Crippen LogP contribution in [0.15, 0.2) is 35.0 Å². The lowest BCUT2D eigenvalue weighted by Crippen LogP contribution is -1.94. The van der Waals surface area contributed by atoms with Gasteiger partial charge in [0.2, 0.25) is 5.82 Å². The van der Waals surface area contributed by atoms with Crippen LogP contribution in [-0.2, 0) is 0 Å². The van der Waals surface area contributed by atoms with Crippen LogP contribution in [0.3, 0.4) is 0 Å². The number of hydrogen-bond donors (Lipinski definition) is 1. The van der Waals surface area contributed by atoms with Crippen molar-refractivity contribution in [2.75, 3.05) is 5.73 Å². The van der Waals surface area contributed by atoms with Crippen molar-refractivity contribution in [2.45, 2.75) is 6.92 Å². The molecule has 0 amide bonds. The predicted octanol–water partition coefficient (Wildman–Crippen LogP) is 2.97. The summed E-state index contributed by atoms with van der Waals surface area (Å²) >= 11 is 0. The Balaban J connectivity index is 2.05. The number of aryl methyl sites for hydroxylation is 1. The van der Waals surface area contributed by atoms with Gasteiger partial charge in [-0.15, -0.1) is 0 Å². The minimum Gasteiger partial charge on any atom is -0.396 e. The molecule has 0 spiro atoms. The number of rotatable bonds is 2. The number of hydrogen-bond acceptors (Lipinski definition) is 5. The van der Waals surface area contributed by atoms with Crippen LogP contribution in [0.2, 0.25) is 0 Å². The summed E-state index contributed by atoms with van der Waals surface area (Å²) in [6.07, 6.45) is 1.61. The van der Waals surface area contributed by atoms with Crippen LogP contribution in [0.1, 0.15) is 5.56 Å². The van der Waals surface area contributed by atoms with E-state index in [2.05, 4.69) is 15.1 Å². The fourth-order valence-corrected chi connectivity index (χ4v) is 1.82. The lowest BCUT2D eigenvalue weighted by atomic mass is 10.2. The van der Waals surface area contributed by atoms with Gasteiger partial charge in [0.05, 0.1) is 11.3 Å². The molecule has 0 saturated heterocycles. The van der Waals surface area contributed by atoms with E-state index in [9.17, 15) is 8.78 Å². The van der Waals surface area contributed by atoms with Crippen molar-refractivity contribution in [3.8, 4) is 23.0 Å². The molecular weight excluding hydrogens is 278 g/mol. The average molecular weight is 288 g/mol. The van der Waals surface area contributed by atoms with Gasteiger partial charge < -0.3 is 10.3 Å². The molecule has 2 N–H and O–H groups in total. The molecule has 0 saturated carbocycles. The first-order chi connectivity index (χ1) is 10.0. The molecule has 2 heterocycles. The fraction of sp³-hybridized carbons (Fsp3) is 0.0714. The third-order valence-electron chi connectivity index (χ3n) is 2.89. The molecule has 0 aliphatic carbocycles. The molecule has 3 aromatic rings. The second kappa shape index (κ2) is 4.93. The summed E-state index contributed by atoms with van der Waals surface area (Å²) in [5, 5.41) is 3.75. The average Bonchev–Trinajstić information content (AvgIpc) is 2.92. The number of nitrogens with zero attached hydrogens (tertiary/aromatic N) is 3. The van der Waals surface area contributed by atoms with E-state index in [-0.39, 0.29) is 23.0 Å². The van der Waals surface area contributed by atoms with Gasteiger partial charge in [0.15, 0.2) is 0 Å². The molecule has 5 nitrogen and oxygen atoms in total. The number of pyridine rings is 1. The maximum Gasteiger partial charge on any atom is 0.261 e. The van der Waals surface area contributed by atoms with Gasteiger partial charge >= 0.3 is 0 Å². The number of nitrogens with two attached hydrogens (primary N) is 1. The summed E-state index contributed by atoms with van der Waals surface area (Å²) in [5.74, 6) is -1.53. The third kappa shape index (κ3) is 2.45. The monoisotopic (exact) mass is 288 g/mol. The maximum atomic E-state index is 13.8. The van der Waals surface area contributed by atoms with Crippen molar-refractivity contribution in [1.82, 2.24) is 15.1 Å². The van der Waals surface area contributed by atoms with Gasteiger partial charge in [-0.05, 0) is 30.7 Å². The van der Waals surface area contributed by atoms with Crippen LogP contribution in [0.25, 0.3) is 23.0 Å². The molecule has 0 unspecified atom stereocenters. The van der Waals surface area contributed by atoms with Gasteiger partial charge in [-0.3, -0.25) is 4.98 Å². The smallest absolute Gasteiger partial charge is 0.261 e. The van der Waals surface area contributed by atoms with E-state index < -0.39 is 11.6 Å². The number of aromatic nitrogens is 3. The molecule has 0 bridgehead atoms. The predicted molar refractivity (Wildman–Crippen MR) is 72.0 cm³/mol. The van der Waals surface area contributed by atoms with Gasteiger partial charge in [0.1, 0.15) is 17.3 Å². The van der Waals surface area contributed by atoms with Crippen molar-refractivity contribution in [2.24, 2.45) is 0 Å². The SMILES string of the molecule is Cc1ccnc(-c2noc(-c3cc(N)c(F)cc3F)n2)c1. The van der Waals surface area contributed by atoms with Crippen LogP contribution >= 0.6 is 0 Å². The standard InChI is InChI=1S/C14H10F2N4O/c1-7-2-3-18-12(4-7)13-19-14(21-20-13)8-5-11(17)10(16)6-9(8)15/h2-6H,17H2,1H3. The quantitative estimate of drug-likeness (QED) is 0.733. The first-order valence-corrected chi connectivity index (χ1v) is 6.06. The Morgan fingerprint density at radius 3 is 2.71 bits per heavy atom. The zero-order chi connectivity index (χ0) is 15.0. The van der Waals surface area contributed by atoms with Gasteiger partial charge in [-0.2, -0.15) is 4.98 Å². The molecular formula is C14H10F2N4O. The highest BCUT2D eigenvalue weighted by Gasteiger charge is 2.17. The van der Waals surface area contributed by atoms with Gasteiger partial charge in [-0.25, -0.2) is 8.78 Å². The lowest BCUT2D eigenvalue weighted by Gasteiger charge is -2.00. The van der Waals surface area contributed by atoms with Crippen molar-refractivity contribution in [3.05, 3.63) is 47.7 Å². The van der Waals surface area contributed by atoms with E-state index in [4.69, 9.17) is 10.3 Å². The van der Waals surface area contributed by atoms with Crippen molar-refractivity contribution >= 4 is 5.69 Å². The maximum absolute atomic E-state index is 13.8. The first kappa shape index (κ1) is 13.2. The molecule has 3 rings (SSSR count). The second-order valence-electron chi connectivity index (χ2n) is 4.50. The Labute approximate surface area is 118 Å². The van der Waals surface area contributed by atoms with Gasteiger partial charge in [0.25, 0.3) is 5.89 Å². The Morgan fingerprint density at radius 1 is 1.14 bits per heavy atom. The molecule has 0 fully saturated rings.